The lowest BCUT2D eigenvalue weighted by Gasteiger charge is -2.16. The number of aliphatic hydroxyl groups is 1. The first-order chi connectivity index (χ1) is 7.58. The molecule has 0 aromatic carbocycles. The first-order valence-corrected chi connectivity index (χ1v) is 6.50. The highest BCUT2D eigenvalue weighted by Gasteiger charge is 2.29. The van der Waals surface area contributed by atoms with Crippen LogP contribution in [-0.2, 0) is 0 Å². The predicted molar refractivity (Wildman–Crippen MR) is 65.0 cm³/mol. The molecule has 0 spiro atoms. The average molecular weight is 260 g/mol. The maximum absolute atomic E-state index is 12.0. The normalized spacial score (nSPS) is 22.4. The molecule has 88 valence electrons. The van der Waals surface area contributed by atoms with E-state index in [1.54, 1.807) is 24.0 Å². The van der Waals surface area contributed by atoms with Crippen molar-refractivity contribution >= 4 is 28.8 Å². The molecule has 2 heterocycles. The molecule has 2 rings (SSSR count). The first-order valence-electron chi connectivity index (χ1n) is 5.30. The molecule has 1 fully saturated rings. The number of amides is 1. The standard InChI is InChI=1S/C11H14ClNO2S/c1-7(14)8-4-5-13(6-8)11(15)9-2-3-10(12)16-9/h2-3,7-8,14H,4-6H2,1H3. The first kappa shape index (κ1) is 11.9. The summed E-state index contributed by atoms with van der Waals surface area (Å²) in [6.45, 7) is 3.15. The number of hydrogen-bond acceptors (Lipinski definition) is 3. The molecule has 1 aromatic heterocycles. The number of thiophene rings is 1. The molecule has 16 heavy (non-hydrogen) atoms. The highest BCUT2D eigenvalue weighted by Crippen LogP contribution is 2.26. The summed E-state index contributed by atoms with van der Waals surface area (Å²) in [4.78, 5) is 14.5. The number of carbonyl (C=O) groups excluding carboxylic acids is 1. The lowest BCUT2D eigenvalue weighted by molar-refractivity contribution is 0.0767. The van der Waals surface area contributed by atoms with E-state index in [1.165, 1.54) is 11.3 Å². The van der Waals surface area contributed by atoms with Crippen molar-refractivity contribution in [3.8, 4) is 0 Å². The van der Waals surface area contributed by atoms with Crippen LogP contribution < -0.4 is 0 Å². The Kier molecular flexibility index (Phi) is 3.52. The van der Waals surface area contributed by atoms with Gasteiger partial charge in [0.05, 0.1) is 15.3 Å². The van der Waals surface area contributed by atoms with Crippen LogP contribution in [0.25, 0.3) is 0 Å². The maximum Gasteiger partial charge on any atom is 0.263 e. The van der Waals surface area contributed by atoms with Gasteiger partial charge in [-0.1, -0.05) is 11.6 Å². The minimum Gasteiger partial charge on any atom is -0.393 e. The van der Waals surface area contributed by atoms with Gasteiger partial charge in [0.1, 0.15) is 0 Å². The van der Waals surface area contributed by atoms with Gasteiger partial charge in [-0.2, -0.15) is 0 Å². The zero-order chi connectivity index (χ0) is 11.7. The van der Waals surface area contributed by atoms with Crippen molar-refractivity contribution < 1.29 is 9.90 Å². The Hall–Kier alpha value is -0.580. The quantitative estimate of drug-likeness (QED) is 0.885. The van der Waals surface area contributed by atoms with Gasteiger partial charge in [-0.25, -0.2) is 0 Å². The van der Waals surface area contributed by atoms with Gasteiger partial charge in [0.15, 0.2) is 0 Å². The second kappa shape index (κ2) is 4.73. The van der Waals surface area contributed by atoms with Crippen molar-refractivity contribution in [2.24, 2.45) is 5.92 Å². The van der Waals surface area contributed by atoms with E-state index in [-0.39, 0.29) is 17.9 Å². The van der Waals surface area contributed by atoms with Gasteiger partial charge >= 0.3 is 0 Å². The van der Waals surface area contributed by atoms with Crippen molar-refractivity contribution in [3.05, 3.63) is 21.3 Å². The van der Waals surface area contributed by atoms with Crippen LogP contribution in [0.3, 0.4) is 0 Å². The third-order valence-corrected chi connectivity index (χ3v) is 4.20. The lowest BCUT2D eigenvalue weighted by atomic mass is 10.0. The number of aliphatic hydroxyl groups excluding tert-OH is 1. The molecule has 5 heteroatoms. The van der Waals surface area contributed by atoms with E-state index < -0.39 is 0 Å². The molecule has 1 aromatic rings. The summed E-state index contributed by atoms with van der Waals surface area (Å²) in [5.74, 6) is 0.236. The third kappa shape index (κ3) is 2.39. The Morgan fingerprint density at radius 2 is 2.44 bits per heavy atom. The molecule has 0 aliphatic carbocycles. The summed E-state index contributed by atoms with van der Waals surface area (Å²) < 4.78 is 0.634. The fraction of sp³-hybridized carbons (Fsp3) is 0.545. The summed E-state index contributed by atoms with van der Waals surface area (Å²) in [5, 5.41) is 9.47. The number of nitrogens with zero attached hydrogens (tertiary/aromatic N) is 1. The molecular formula is C11H14ClNO2S. The Morgan fingerprint density at radius 3 is 2.94 bits per heavy atom. The van der Waals surface area contributed by atoms with Gasteiger partial charge in [0.2, 0.25) is 0 Å². The Morgan fingerprint density at radius 1 is 1.69 bits per heavy atom. The van der Waals surface area contributed by atoms with Crippen LogP contribution in [0.4, 0.5) is 0 Å². The summed E-state index contributed by atoms with van der Waals surface area (Å²) in [6, 6.07) is 3.49. The smallest absolute Gasteiger partial charge is 0.263 e. The maximum atomic E-state index is 12.0. The number of halogens is 1. The number of hydrogen-bond donors (Lipinski definition) is 1. The summed E-state index contributed by atoms with van der Waals surface area (Å²) >= 11 is 7.10. The lowest BCUT2D eigenvalue weighted by Crippen LogP contribution is -2.29. The van der Waals surface area contributed by atoms with Gasteiger partial charge in [-0.3, -0.25) is 4.79 Å². The number of carbonyl (C=O) groups is 1. The third-order valence-electron chi connectivity index (χ3n) is 2.98. The number of likely N-dealkylation sites (tertiary alicyclic amines) is 1. The Balaban J connectivity index is 2.02. The van der Waals surface area contributed by atoms with Crippen molar-refractivity contribution in [1.29, 1.82) is 0 Å². The van der Waals surface area contributed by atoms with Crippen molar-refractivity contribution in [1.82, 2.24) is 4.90 Å². The molecular weight excluding hydrogens is 246 g/mol. The van der Waals surface area contributed by atoms with Crippen molar-refractivity contribution in [2.45, 2.75) is 19.4 Å². The van der Waals surface area contributed by atoms with Crippen LogP contribution in [0, 0.1) is 5.92 Å². The van der Waals surface area contributed by atoms with Gasteiger partial charge < -0.3 is 10.0 Å². The van der Waals surface area contributed by atoms with Crippen LogP contribution in [0.5, 0.6) is 0 Å². The molecule has 0 bridgehead atoms. The highest BCUT2D eigenvalue weighted by atomic mass is 35.5. The molecule has 3 nitrogen and oxygen atoms in total. The van der Waals surface area contributed by atoms with Crippen LogP contribution in [0.1, 0.15) is 23.0 Å². The van der Waals surface area contributed by atoms with Crippen molar-refractivity contribution in [2.75, 3.05) is 13.1 Å². The second-order valence-corrected chi connectivity index (χ2v) is 5.86. The molecule has 1 saturated heterocycles. The molecule has 2 unspecified atom stereocenters. The van der Waals surface area contributed by atoms with Crippen molar-refractivity contribution in [3.63, 3.8) is 0 Å². The fourth-order valence-electron chi connectivity index (χ4n) is 1.95. The van der Waals surface area contributed by atoms with E-state index >= 15 is 0 Å². The zero-order valence-electron chi connectivity index (χ0n) is 9.02. The number of rotatable bonds is 2. The van der Waals surface area contributed by atoms with Gasteiger partial charge in [-0.05, 0) is 25.5 Å². The van der Waals surface area contributed by atoms with Crippen LogP contribution in [0.2, 0.25) is 4.34 Å². The van der Waals surface area contributed by atoms with Crippen LogP contribution in [0.15, 0.2) is 12.1 Å². The van der Waals surface area contributed by atoms with E-state index in [1.807, 2.05) is 0 Å². The van der Waals surface area contributed by atoms with Crippen LogP contribution in [-0.4, -0.2) is 35.1 Å². The minimum absolute atomic E-state index is 0.0278. The summed E-state index contributed by atoms with van der Waals surface area (Å²) in [6.07, 6.45) is 0.535. The Labute approximate surface area is 104 Å². The van der Waals surface area contributed by atoms with E-state index in [0.29, 0.717) is 15.8 Å². The van der Waals surface area contributed by atoms with Crippen LogP contribution >= 0.6 is 22.9 Å². The topological polar surface area (TPSA) is 40.5 Å². The molecule has 0 saturated carbocycles. The fourth-order valence-corrected chi connectivity index (χ4v) is 2.96. The largest absolute Gasteiger partial charge is 0.393 e. The molecule has 0 radical (unpaired) electrons. The molecule has 1 amide bonds. The SMILES string of the molecule is CC(O)C1CCN(C(=O)c2ccc(Cl)s2)C1. The zero-order valence-corrected chi connectivity index (χ0v) is 10.6. The molecule has 1 aliphatic heterocycles. The van der Waals surface area contributed by atoms with Gasteiger partial charge in [0, 0.05) is 19.0 Å². The van der Waals surface area contributed by atoms with Gasteiger partial charge in [0.25, 0.3) is 5.91 Å². The monoisotopic (exact) mass is 259 g/mol. The molecule has 2 atom stereocenters. The van der Waals surface area contributed by atoms with Gasteiger partial charge in [-0.15, -0.1) is 11.3 Å². The van der Waals surface area contributed by atoms with E-state index in [4.69, 9.17) is 11.6 Å². The molecule has 1 N–H and O–H groups in total. The van der Waals surface area contributed by atoms with E-state index in [0.717, 1.165) is 13.0 Å². The van der Waals surface area contributed by atoms with E-state index in [2.05, 4.69) is 0 Å². The minimum atomic E-state index is -0.343. The Bertz CT molecular complexity index is 391. The average Bonchev–Trinajstić information content (AvgIpc) is 2.84. The predicted octanol–water partition coefficient (Wildman–Crippen LogP) is 2.24. The summed E-state index contributed by atoms with van der Waals surface area (Å²) in [5.41, 5.74) is 0. The van der Waals surface area contributed by atoms with E-state index in [9.17, 15) is 9.90 Å². The molecule has 1 aliphatic rings. The summed E-state index contributed by atoms with van der Waals surface area (Å²) in [7, 11) is 0. The highest BCUT2D eigenvalue weighted by molar-refractivity contribution is 7.17. The second-order valence-electron chi connectivity index (χ2n) is 4.14.